The summed E-state index contributed by atoms with van der Waals surface area (Å²) >= 11 is 1.35. The first-order valence-corrected chi connectivity index (χ1v) is 8.90. The van der Waals surface area contributed by atoms with Crippen molar-refractivity contribution in [1.29, 1.82) is 0 Å². The zero-order valence-electron chi connectivity index (χ0n) is 13.9. The molecular formula is C18H17N3O4S. The summed E-state index contributed by atoms with van der Waals surface area (Å²) in [4.78, 5) is 41.5. The summed E-state index contributed by atoms with van der Waals surface area (Å²) in [6, 6.07) is 14.4. The molecule has 0 saturated heterocycles. The fraction of sp³-hybridized carbons (Fsp3) is 0.167. The summed E-state index contributed by atoms with van der Waals surface area (Å²) in [6.07, 6.45) is -0.931. The largest absolute Gasteiger partial charge is 0.452 e. The van der Waals surface area contributed by atoms with Gasteiger partial charge in [0.15, 0.2) is 6.10 Å². The SMILES string of the molecule is C[C@H](OC(=O)CSc1ccccc1)C(=O)Nc1ccc2[nH]c(=O)[nH]c2c1. The van der Waals surface area contributed by atoms with Crippen molar-refractivity contribution in [2.75, 3.05) is 11.1 Å². The van der Waals surface area contributed by atoms with Crippen LogP contribution in [0.2, 0.25) is 0 Å². The highest BCUT2D eigenvalue weighted by molar-refractivity contribution is 8.00. The van der Waals surface area contributed by atoms with E-state index in [2.05, 4.69) is 15.3 Å². The number of carbonyl (C=O) groups excluding carboxylic acids is 2. The molecule has 134 valence electrons. The second-order valence-electron chi connectivity index (χ2n) is 5.56. The highest BCUT2D eigenvalue weighted by atomic mass is 32.2. The van der Waals surface area contributed by atoms with Crippen molar-refractivity contribution in [3.8, 4) is 0 Å². The minimum Gasteiger partial charge on any atom is -0.452 e. The van der Waals surface area contributed by atoms with Crippen molar-refractivity contribution in [3.05, 3.63) is 59.0 Å². The lowest BCUT2D eigenvalue weighted by molar-refractivity contribution is -0.150. The Hall–Kier alpha value is -3.00. The van der Waals surface area contributed by atoms with Crippen molar-refractivity contribution in [1.82, 2.24) is 9.97 Å². The third-order valence-electron chi connectivity index (χ3n) is 3.56. The molecule has 0 unspecified atom stereocenters. The zero-order chi connectivity index (χ0) is 18.5. The highest BCUT2D eigenvalue weighted by Gasteiger charge is 2.18. The van der Waals surface area contributed by atoms with Crippen LogP contribution in [0.4, 0.5) is 5.69 Å². The van der Waals surface area contributed by atoms with Crippen LogP contribution in [0.25, 0.3) is 11.0 Å². The third kappa shape index (κ3) is 4.54. The van der Waals surface area contributed by atoms with Gasteiger partial charge in [-0.25, -0.2) is 4.79 Å². The number of ether oxygens (including phenoxy) is 1. The minimum absolute atomic E-state index is 0.123. The van der Waals surface area contributed by atoms with Gasteiger partial charge in [0.05, 0.1) is 16.8 Å². The molecule has 0 spiro atoms. The number of H-pyrrole nitrogens is 2. The first kappa shape index (κ1) is 17.8. The third-order valence-corrected chi connectivity index (χ3v) is 4.55. The molecule has 1 amide bonds. The highest BCUT2D eigenvalue weighted by Crippen LogP contribution is 2.18. The van der Waals surface area contributed by atoms with E-state index in [0.29, 0.717) is 16.7 Å². The summed E-state index contributed by atoms with van der Waals surface area (Å²) in [6.45, 7) is 1.51. The van der Waals surface area contributed by atoms with Gasteiger partial charge in [-0.15, -0.1) is 11.8 Å². The summed E-state index contributed by atoms with van der Waals surface area (Å²) < 4.78 is 5.16. The van der Waals surface area contributed by atoms with Crippen LogP contribution in [0.1, 0.15) is 6.92 Å². The van der Waals surface area contributed by atoms with Crippen LogP contribution in [0.15, 0.2) is 58.2 Å². The number of nitrogens with one attached hydrogen (secondary N) is 3. The van der Waals surface area contributed by atoms with E-state index in [9.17, 15) is 14.4 Å². The molecule has 8 heteroatoms. The van der Waals surface area contributed by atoms with E-state index in [1.54, 1.807) is 18.2 Å². The molecule has 0 aliphatic rings. The molecule has 2 aromatic carbocycles. The molecule has 0 aliphatic heterocycles. The van der Waals surface area contributed by atoms with Gasteiger partial charge in [0.2, 0.25) is 0 Å². The maximum Gasteiger partial charge on any atom is 0.323 e. The number of aromatic amines is 2. The van der Waals surface area contributed by atoms with Gasteiger partial charge in [-0.3, -0.25) is 9.59 Å². The maximum atomic E-state index is 12.2. The number of thioether (sulfide) groups is 1. The smallest absolute Gasteiger partial charge is 0.323 e. The van der Waals surface area contributed by atoms with Gasteiger partial charge < -0.3 is 20.0 Å². The average molecular weight is 371 g/mol. The Kier molecular flexibility index (Phi) is 5.43. The molecule has 0 bridgehead atoms. The number of carbonyl (C=O) groups is 2. The summed E-state index contributed by atoms with van der Waals surface area (Å²) in [5.74, 6) is -0.787. The Morgan fingerprint density at radius 3 is 2.62 bits per heavy atom. The second kappa shape index (κ2) is 7.92. The number of benzene rings is 2. The van der Waals surface area contributed by atoms with E-state index in [1.807, 2.05) is 30.3 Å². The number of hydrogen-bond donors (Lipinski definition) is 3. The number of anilines is 1. The monoisotopic (exact) mass is 371 g/mol. The lowest BCUT2D eigenvalue weighted by Crippen LogP contribution is -2.30. The molecular weight excluding hydrogens is 354 g/mol. The molecule has 0 radical (unpaired) electrons. The molecule has 0 fully saturated rings. The second-order valence-corrected chi connectivity index (χ2v) is 6.61. The number of aromatic nitrogens is 2. The maximum absolute atomic E-state index is 12.2. The summed E-state index contributed by atoms with van der Waals surface area (Å²) in [7, 11) is 0. The minimum atomic E-state index is -0.931. The van der Waals surface area contributed by atoms with Crippen LogP contribution in [-0.2, 0) is 14.3 Å². The van der Waals surface area contributed by atoms with Crippen LogP contribution in [0.3, 0.4) is 0 Å². The van der Waals surface area contributed by atoms with Crippen molar-refractivity contribution in [2.24, 2.45) is 0 Å². The number of imidazole rings is 1. The van der Waals surface area contributed by atoms with E-state index in [-0.39, 0.29) is 11.4 Å². The number of esters is 1. The molecule has 1 atom stereocenters. The molecule has 3 rings (SSSR count). The quantitative estimate of drug-likeness (QED) is 0.456. The van der Waals surface area contributed by atoms with Crippen LogP contribution in [0, 0.1) is 0 Å². The molecule has 1 heterocycles. The average Bonchev–Trinajstić information content (AvgIpc) is 3.00. The normalized spacial score (nSPS) is 11.9. The van der Waals surface area contributed by atoms with Gasteiger partial charge in [0, 0.05) is 10.6 Å². The molecule has 0 saturated carbocycles. The van der Waals surface area contributed by atoms with Crippen molar-refractivity contribution >= 4 is 40.4 Å². The van der Waals surface area contributed by atoms with Crippen molar-refractivity contribution in [3.63, 3.8) is 0 Å². The number of fused-ring (bicyclic) bond motifs is 1. The summed E-state index contributed by atoms with van der Waals surface area (Å²) in [5, 5.41) is 2.66. The Balaban J connectivity index is 1.53. The van der Waals surface area contributed by atoms with E-state index in [0.717, 1.165) is 4.90 Å². The zero-order valence-corrected chi connectivity index (χ0v) is 14.8. The first-order chi connectivity index (χ1) is 12.5. The predicted octanol–water partition coefficient (Wildman–Crippen LogP) is 2.52. The van der Waals surface area contributed by atoms with Crippen molar-refractivity contribution in [2.45, 2.75) is 17.9 Å². The number of amides is 1. The van der Waals surface area contributed by atoms with Crippen LogP contribution in [0.5, 0.6) is 0 Å². The number of hydrogen-bond acceptors (Lipinski definition) is 5. The fourth-order valence-electron chi connectivity index (χ4n) is 2.30. The lowest BCUT2D eigenvalue weighted by Gasteiger charge is -2.13. The molecule has 0 aliphatic carbocycles. The van der Waals surface area contributed by atoms with Gasteiger partial charge in [-0.05, 0) is 37.3 Å². The van der Waals surface area contributed by atoms with Gasteiger partial charge >= 0.3 is 11.7 Å². The first-order valence-electron chi connectivity index (χ1n) is 7.91. The van der Waals surface area contributed by atoms with E-state index < -0.39 is 18.0 Å². The molecule has 7 nitrogen and oxygen atoms in total. The van der Waals surface area contributed by atoms with E-state index >= 15 is 0 Å². The molecule has 3 aromatic rings. The molecule has 26 heavy (non-hydrogen) atoms. The number of rotatable bonds is 6. The van der Waals surface area contributed by atoms with E-state index in [4.69, 9.17) is 4.74 Å². The lowest BCUT2D eigenvalue weighted by atomic mass is 10.2. The van der Waals surface area contributed by atoms with Crippen LogP contribution < -0.4 is 11.0 Å². The predicted molar refractivity (Wildman–Crippen MR) is 100 cm³/mol. The molecule has 1 aromatic heterocycles. The van der Waals surface area contributed by atoms with Gasteiger partial charge in [-0.2, -0.15) is 0 Å². The Morgan fingerprint density at radius 1 is 1.12 bits per heavy atom. The standard InChI is InChI=1S/C18H17N3O4S/c1-11(25-16(22)10-26-13-5-3-2-4-6-13)17(23)19-12-7-8-14-15(9-12)21-18(24)20-14/h2-9,11H,10H2,1H3,(H,19,23)(H2,20,21,24)/t11-/m0/s1. The van der Waals surface area contributed by atoms with Crippen LogP contribution in [-0.4, -0.2) is 33.7 Å². The Morgan fingerprint density at radius 2 is 1.85 bits per heavy atom. The van der Waals surface area contributed by atoms with Gasteiger partial charge in [0.1, 0.15) is 0 Å². The van der Waals surface area contributed by atoms with Crippen LogP contribution >= 0.6 is 11.8 Å². The van der Waals surface area contributed by atoms with Crippen molar-refractivity contribution < 1.29 is 14.3 Å². The van der Waals surface area contributed by atoms with E-state index in [1.165, 1.54) is 18.7 Å². The topological polar surface area (TPSA) is 104 Å². The Labute approximate surface area is 153 Å². The fourth-order valence-corrected chi connectivity index (χ4v) is 3.00. The summed E-state index contributed by atoms with van der Waals surface area (Å²) in [5.41, 5.74) is 1.41. The molecule has 3 N–H and O–H groups in total. The Bertz CT molecular complexity index is 981. The van der Waals surface area contributed by atoms with Gasteiger partial charge in [-0.1, -0.05) is 18.2 Å². The van der Waals surface area contributed by atoms with Gasteiger partial charge in [0.25, 0.3) is 5.91 Å².